The molecule has 0 saturated carbocycles. The van der Waals surface area contributed by atoms with Gasteiger partial charge in [0.25, 0.3) is 0 Å². The smallest absolute Gasteiger partial charge is 0.406 e. The Bertz CT molecular complexity index is 771. The van der Waals surface area contributed by atoms with Gasteiger partial charge in [-0.25, -0.2) is 0 Å². The first-order valence-corrected chi connectivity index (χ1v) is 8.24. The molecule has 0 aliphatic heterocycles. The highest BCUT2D eigenvalue weighted by Gasteiger charge is 2.31. The molecule has 0 heterocycles. The molecule has 2 atom stereocenters. The molecule has 0 aromatic heterocycles. The summed E-state index contributed by atoms with van der Waals surface area (Å²) in [5, 5.41) is 10.3. The molecular weight excluding hydrogens is 359 g/mol. The Balaban J connectivity index is 2.08. The van der Waals surface area contributed by atoms with Crippen molar-refractivity contribution in [1.29, 1.82) is 0 Å². The first-order chi connectivity index (χ1) is 12.7. The van der Waals surface area contributed by atoms with Gasteiger partial charge in [-0.3, -0.25) is 4.79 Å². The van der Waals surface area contributed by atoms with Crippen LogP contribution in [0.2, 0.25) is 0 Å². The Morgan fingerprint density at radius 1 is 1.11 bits per heavy atom. The lowest BCUT2D eigenvalue weighted by Crippen LogP contribution is -2.24. The molecule has 0 fully saturated rings. The number of aliphatic hydroxyl groups is 1. The third kappa shape index (κ3) is 6.14. The fourth-order valence-electron chi connectivity index (χ4n) is 2.68. The summed E-state index contributed by atoms with van der Waals surface area (Å²) in [5.41, 5.74) is 7.40. The minimum absolute atomic E-state index is 0.185. The maximum atomic E-state index is 12.2. The molecule has 2 aromatic carbocycles. The van der Waals surface area contributed by atoms with Gasteiger partial charge in [-0.15, -0.1) is 19.8 Å². The number of hydrogen-bond acceptors (Lipinski definition) is 3. The van der Waals surface area contributed by atoms with Crippen molar-refractivity contribution in [2.45, 2.75) is 25.3 Å². The van der Waals surface area contributed by atoms with Crippen molar-refractivity contribution in [2.24, 2.45) is 11.7 Å². The second kappa shape index (κ2) is 8.73. The first-order valence-electron chi connectivity index (χ1n) is 8.24. The standard InChI is InChI=1S/C20H20F3NO3/c1-2-3-16(19(24)26)12-18(25)15-6-4-13(5-7-15)14-8-10-17(11-9-14)27-20(21,22)23/h2,4-11,16,18,25H,1,3,12H2,(H2,24,26). The summed E-state index contributed by atoms with van der Waals surface area (Å²) in [6.45, 7) is 3.57. The van der Waals surface area contributed by atoms with Crippen molar-refractivity contribution in [1.82, 2.24) is 0 Å². The van der Waals surface area contributed by atoms with Gasteiger partial charge >= 0.3 is 6.36 Å². The highest BCUT2D eigenvalue weighted by atomic mass is 19.4. The highest BCUT2D eigenvalue weighted by Crippen LogP contribution is 2.29. The van der Waals surface area contributed by atoms with Crippen molar-refractivity contribution >= 4 is 5.91 Å². The number of carbonyl (C=O) groups excluding carboxylic acids is 1. The van der Waals surface area contributed by atoms with E-state index in [1.807, 2.05) is 0 Å². The molecule has 27 heavy (non-hydrogen) atoms. The Morgan fingerprint density at radius 3 is 2.07 bits per heavy atom. The molecule has 2 rings (SSSR count). The van der Waals surface area contributed by atoms with Crippen LogP contribution in [0.25, 0.3) is 11.1 Å². The number of carbonyl (C=O) groups is 1. The van der Waals surface area contributed by atoms with Gasteiger partial charge in [0, 0.05) is 5.92 Å². The van der Waals surface area contributed by atoms with Gasteiger partial charge in [-0.2, -0.15) is 0 Å². The number of alkyl halides is 3. The van der Waals surface area contributed by atoms with E-state index in [0.717, 1.165) is 5.56 Å². The molecule has 0 radical (unpaired) electrons. The first kappa shape index (κ1) is 20.5. The lowest BCUT2D eigenvalue weighted by molar-refractivity contribution is -0.274. The second-order valence-electron chi connectivity index (χ2n) is 6.07. The average molecular weight is 379 g/mol. The Kier molecular flexibility index (Phi) is 6.63. The minimum atomic E-state index is -4.73. The SMILES string of the molecule is C=CCC(CC(O)c1ccc(-c2ccc(OC(F)(F)F)cc2)cc1)C(N)=O. The lowest BCUT2D eigenvalue weighted by Gasteiger charge is -2.17. The number of primary amides is 1. The molecule has 0 saturated heterocycles. The summed E-state index contributed by atoms with van der Waals surface area (Å²) in [5.74, 6) is -1.29. The van der Waals surface area contributed by atoms with Crippen LogP contribution in [0.1, 0.15) is 24.5 Å². The van der Waals surface area contributed by atoms with Crippen LogP contribution in [-0.2, 0) is 4.79 Å². The van der Waals surface area contributed by atoms with E-state index >= 15 is 0 Å². The van der Waals surface area contributed by atoms with E-state index in [2.05, 4.69) is 11.3 Å². The van der Waals surface area contributed by atoms with E-state index in [9.17, 15) is 23.1 Å². The monoisotopic (exact) mass is 379 g/mol. The van der Waals surface area contributed by atoms with Crippen LogP contribution < -0.4 is 10.5 Å². The fourth-order valence-corrected chi connectivity index (χ4v) is 2.68. The maximum Gasteiger partial charge on any atom is 0.573 e. The predicted molar refractivity (Wildman–Crippen MR) is 95.6 cm³/mol. The molecule has 2 aromatic rings. The third-order valence-electron chi connectivity index (χ3n) is 4.08. The Labute approximate surface area is 155 Å². The largest absolute Gasteiger partial charge is 0.573 e. The summed E-state index contributed by atoms with van der Waals surface area (Å²) in [6, 6.07) is 12.4. The zero-order chi connectivity index (χ0) is 20.0. The van der Waals surface area contributed by atoms with Crippen molar-refractivity contribution < 1.29 is 27.8 Å². The number of amides is 1. The molecule has 0 spiro atoms. The van der Waals surface area contributed by atoms with Gasteiger partial charge in [0.1, 0.15) is 5.75 Å². The van der Waals surface area contributed by atoms with Gasteiger partial charge in [-0.1, -0.05) is 42.5 Å². The van der Waals surface area contributed by atoms with E-state index in [1.54, 1.807) is 30.3 Å². The zero-order valence-electron chi connectivity index (χ0n) is 14.4. The van der Waals surface area contributed by atoms with E-state index in [0.29, 0.717) is 17.5 Å². The van der Waals surface area contributed by atoms with E-state index < -0.39 is 24.3 Å². The van der Waals surface area contributed by atoms with Gasteiger partial charge in [0.15, 0.2) is 0 Å². The summed E-state index contributed by atoms with van der Waals surface area (Å²) in [7, 11) is 0. The van der Waals surface area contributed by atoms with Crippen LogP contribution in [0.5, 0.6) is 5.75 Å². The number of allylic oxidation sites excluding steroid dienone is 1. The fraction of sp³-hybridized carbons (Fsp3) is 0.250. The van der Waals surface area contributed by atoms with Crippen LogP contribution in [-0.4, -0.2) is 17.4 Å². The van der Waals surface area contributed by atoms with Crippen molar-refractivity contribution in [2.75, 3.05) is 0 Å². The molecule has 0 aliphatic carbocycles. The summed E-state index contributed by atoms with van der Waals surface area (Å²) >= 11 is 0. The molecule has 0 aliphatic rings. The van der Waals surface area contributed by atoms with E-state index in [4.69, 9.17) is 5.73 Å². The van der Waals surface area contributed by atoms with Gasteiger partial charge in [0.05, 0.1) is 6.10 Å². The number of halogens is 3. The predicted octanol–water partition coefficient (Wildman–Crippen LogP) is 4.35. The van der Waals surface area contributed by atoms with Gasteiger partial charge in [-0.05, 0) is 41.7 Å². The van der Waals surface area contributed by atoms with Gasteiger partial charge < -0.3 is 15.6 Å². The van der Waals surface area contributed by atoms with Crippen LogP contribution in [0.4, 0.5) is 13.2 Å². The number of aliphatic hydroxyl groups excluding tert-OH is 1. The number of benzene rings is 2. The van der Waals surface area contributed by atoms with Crippen LogP contribution >= 0.6 is 0 Å². The van der Waals surface area contributed by atoms with Crippen molar-refractivity contribution in [3.63, 3.8) is 0 Å². The number of rotatable bonds is 8. The number of nitrogens with two attached hydrogens (primary N) is 1. The minimum Gasteiger partial charge on any atom is -0.406 e. The number of hydrogen-bond donors (Lipinski definition) is 2. The summed E-state index contributed by atoms with van der Waals surface area (Å²) in [6.07, 6.45) is -3.44. The number of ether oxygens (including phenoxy) is 1. The van der Waals surface area contributed by atoms with Crippen LogP contribution in [0.3, 0.4) is 0 Å². The molecule has 144 valence electrons. The van der Waals surface area contributed by atoms with Gasteiger partial charge in [0.2, 0.25) is 5.91 Å². The topological polar surface area (TPSA) is 72.6 Å². The lowest BCUT2D eigenvalue weighted by atomic mass is 9.93. The van der Waals surface area contributed by atoms with Crippen LogP contribution in [0, 0.1) is 5.92 Å². The molecule has 1 amide bonds. The van der Waals surface area contributed by atoms with Crippen molar-refractivity contribution in [3.05, 3.63) is 66.7 Å². The quantitative estimate of drug-likeness (QED) is 0.670. The molecule has 2 unspecified atom stereocenters. The highest BCUT2D eigenvalue weighted by molar-refractivity contribution is 5.76. The normalized spacial score (nSPS) is 13.6. The van der Waals surface area contributed by atoms with Crippen LogP contribution in [0.15, 0.2) is 61.2 Å². The Hall–Kier alpha value is -2.80. The molecule has 3 N–H and O–H groups in total. The molecular formula is C20H20F3NO3. The summed E-state index contributed by atoms with van der Waals surface area (Å²) in [4.78, 5) is 11.4. The zero-order valence-corrected chi connectivity index (χ0v) is 14.4. The van der Waals surface area contributed by atoms with E-state index in [-0.39, 0.29) is 12.2 Å². The molecule has 0 bridgehead atoms. The second-order valence-corrected chi connectivity index (χ2v) is 6.07. The van der Waals surface area contributed by atoms with E-state index in [1.165, 1.54) is 24.3 Å². The third-order valence-corrected chi connectivity index (χ3v) is 4.08. The molecule has 7 heteroatoms. The maximum absolute atomic E-state index is 12.2. The summed E-state index contributed by atoms with van der Waals surface area (Å²) < 4.78 is 40.4. The molecule has 4 nitrogen and oxygen atoms in total. The Morgan fingerprint density at radius 2 is 1.63 bits per heavy atom. The van der Waals surface area contributed by atoms with Crippen molar-refractivity contribution in [3.8, 4) is 16.9 Å². The average Bonchev–Trinajstić information content (AvgIpc) is 2.60.